The van der Waals surface area contributed by atoms with Gasteiger partial charge in [-0.15, -0.1) is 0 Å². The number of hydrogen-bond donors (Lipinski definition) is 5. The first-order valence-electron chi connectivity index (χ1n) is 9.95. The van der Waals surface area contributed by atoms with Crippen LogP contribution in [-0.2, 0) is 6.42 Å². The second-order valence-electron chi connectivity index (χ2n) is 6.89. The third-order valence-electron chi connectivity index (χ3n) is 4.57. The van der Waals surface area contributed by atoms with Crippen LogP contribution in [0.2, 0.25) is 5.02 Å². The van der Waals surface area contributed by atoms with E-state index in [4.69, 9.17) is 28.6 Å². The number of nitrogens with two attached hydrogens (primary N) is 2. The number of nitrogens with one attached hydrogen (secondary N) is 3. The number of alkyl halides is 3. The van der Waals surface area contributed by atoms with Gasteiger partial charge in [-0.3, -0.25) is 10.4 Å². The number of rotatable bonds is 8. The number of hydrogen-bond acceptors (Lipinski definition) is 8. The zero-order valence-corrected chi connectivity index (χ0v) is 20.8. The molecule has 9 nitrogen and oxygen atoms in total. The Labute approximate surface area is 208 Å². The van der Waals surface area contributed by atoms with Crippen LogP contribution in [0.1, 0.15) is 12.5 Å². The van der Waals surface area contributed by atoms with Crippen LogP contribution < -0.4 is 27.2 Å². The maximum absolute atomic E-state index is 13.1. The average molecular weight is 608 g/mol. The molecule has 0 saturated carbocycles. The highest BCUT2D eigenvalue weighted by atomic mass is 127. The molecule has 182 valence electrons. The van der Waals surface area contributed by atoms with Crippen molar-refractivity contribution in [2.24, 2.45) is 16.6 Å². The lowest BCUT2D eigenvalue weighted by Gasteiger charge is -2.23. The van der Waals surface area contributed by atoms with Crippen LogP contribution in [0.15, 0.2) is 41.3 Å². The van der Waals surface area contributed by atoms with E-state index >= 15 is 0 Å². The highest BCUT2D eigenvalue weighted by molar-refractivity contribution is 14.2. The highest BCUT2D eigenvalue weighted by Gasteiger charge is 2.39. The van der Waals surface area contributed by atoms with Crippen LogP contribution in [0, 0.1) is 5.41 Å². The van der Waals surface area contributed by atoms with Crippen LogP contribution >= 0.6 is 32.3 Å². The Morgan fingerprint density at radius 3 is 2.65 bits per heavy atom. The summed E-state index contributed by atoms with van der Waals surface area (Å²) < 4.78 is 41.9. The van der Waals surface area contributed by atoms with E-state index in [1.807, 2.05) is 17.0 Å². The topological polar surface area (TPSA) is 141 Å². The van der Waals surface area contributed by atoms with Gasteiger partial charge in [0.1, 0.15) is 17.2 Å². The summed E-state index contributed by atoms with van der Waals surface area (Å²) in [6.45, 7) is 2.79. The molecule has 1 aliphatic heterocycles. The smallest absolute Gasteiger partial charge is 0.379 e. The van der Waals surface area contributed by atoms with E-state index in [9.17, 15) is 13.2 Å². The molecule has 0 radical (unpaired) electrons. The maximum atomic E-state index is 13.1. The van der Waals surface area contributed by atoms with Gasteiger partial charge >= 0.3 is 6.18 Å². The van der Waals surface area contributed by atoms with Gasteiger partial charge in [-0.05, 0) is 48.9 Å². The van der Waals surface area contributed by atoms with E-state index in [0.717, 1.165) is 18.2 Å². The largest absolute Gasteiger partial charge is 0.450 e. The number of aliphatic imine (C=N–C) groups is 1. The van der Waals surface area contributed by atoms with Crippen LogP contribution in [0.5, 0.6) is 0 Å². The van der Waals surface area contributed by atoms with Crippen molar-refractivity contribution in [1.29, 1.82) is 5.41 Å². The number of halogens is 5. The molecule has 14 heteroatoms. The first-order chi connectivity index (χ1) is 16.1. The molecule has 7 N–H and O–H groups in total. The van der Waals surface area contributed by atoms with Gasteiger partial charge < -0.3 is 16.4 Å². The number of allylic oxidation sites excluding steroid dienone is 1. The summed E-state index contributed by atoms with van der Waals surface area (Å²) in [5, 5.41) is 14.0. The fourth-order valence-electron chi connectivity index (χ4n) is 2.86. The summed E-state index contributed by atoms with van der Waals surface area (Å²) in [6.07, 6.45) is -1.25. The van der Waals surface area contributed by atoms with Crippen molar-refractivity contribution in [3.8, 4) is 11.3 Å². The van der Waals surface area contributed by atoms with Gasteiger partial charge in [0, 0.05) is 18.7 Å². The first kappa shape index (κ1) is 25.8. The van der Waals surface area contributed by atoms with Crippen LogP contribution in [-0.4, -0.2) is 42.9 Å². The Hall–Kier alpha value is -2.78. The Balaban J connectivity index is 1.85. The lowest BCUT2D eigenvalue weighted by atomic mass is 10.1. The summed E-state index contributed by atoms with van der Waals surface area (Å²) >= 11 is 6.06. The Kier molecular flexibility index (Phi) is 8.43. The minimum absolute atomic E-state index is 0.0560. The second kappa shape index (κ2) is 11.1. The van der Waals surface area contributed by atoms with Crippen molar-refractivity contribution in [3.63, 3.8) is 0 Å². The fourth-order valence-corrected chi connectivity index (χ4v) is 4.44. The monoisotopic (exact) mass is 607 g/mol. The number of hydrazine groups is 1. The van der Waals surface area contributed by atoms with Gasteiger partial charge in [0.15, 0.2) is 3.84 Å². The maximum Gasteiger partial charge on any atom is 0.450 e. The number of amidine groups is 2. The van der Waals surface area contributed by atoms with Gasteiger partial charge in [0.25, 0.3) is 0 Å². The van der Waals surface area contributed by atoms with E-state index < -0.39 is 12.0 Å². The molecule has 0 amide bonds. The minimum Gasteiger partial charge on any atom is -0.379 e. The molecule has 2 aromatic rings. The summed E-state index contributed by atoms with van der Waals surface area (Å²) in [5.41, 5.74) is 6.90. The average Bonchev–Trinajstić information content (AvgIpc) is 2.80. The minimum atomic E-state index is -4.95. The molecule has 0 bridgehead atoms. The van der Waals surface area contributed by atoms with Crippen molar-refractivity contribution in [3.05, 3.63) is 46.9 Å². The molecule has 2 heterocycles. The van der Waals surface area contributed by atoms with Crippen molar-refractivity contribution in [2.75, 3.05) is 23.4 Å². The quantitative estimate of drug-likeness (QED) is 0.0588. The van der Waals surface area contributed by atoms with Crippen molar-refractivity contribution in [1.82, 2.24) is 15.3 Å². The Morgan fingerprint density at radius 1 is 1.26 bits per heavy atom. The zero-order chi connectivity index (χ0) is 24.9. The van der Waals surface area contributed by atoms with E-state index in [1.165, 1.54) is 0 Å². The molecule has 3 rings (SSSR count). The molecule has 0 spiro atoms. The molecular formula is C20H22ClF3IN9. The van der Waals surface area contributed by atoms with Crippen LogP contribution in [0.3, 0.4) is 0 Å². The Morgan fingerprint density at radius 2 is 2.00 bits per heavy atom. The van der Waals surface area contributed by atoms with Gasteiger partial charge in [-0.2, -0.15) is 13.2 Å². The summed E-state index contributed by atoms with van der Waals surface area (Å²) in [6, 6.07) is 5.16. The molecule has 0 fully saturated rings. The molecule has 34 heavy (non-hydrogen) atoms. The van der Waals surface area contributed by atoms with Gasteiger partial charge in [0.05, 0.1) is 11.2 Å². The number of benzene rings is 1. The molecule has 1 aliphatic rings. The predicted octanol–water partition coefficient (Wildman–Crippen LogP) is 3.52. The molecule has 1 aromatic heterocycles. The van der Waals surface area contributed by atoms with Crippen LogP contribution in [0.4, 0.5) is 24.8 Å². The van der Waals surface area contributed by atoms with Gasteiger partial charge in [0.2, 0.25) is 11.8 Å². The number of aromatic nitrogens is 2. The SMILES string of the molecule is CCc1ccc(-c2nc(NCCNC3=CC=IC(N)=N3)ncc2N(N)C(=N)C(F)(F)F)c(Cl)c1. The highest BCUT2D eigenvalue weighted by Crippen LogP contribution is 2.35. The molecule has 0 aliphatic carbocycles. The van der Waals surface area contributed by atoms with Crippen molar-refractivity contribution < 1.29 is 13.2 Å². The van der Waals surface area contributed by atoms with Gasteiger partial charge in [-0.1, -0.05) is 30.7 Å². The van der Waals surface area contributed by atoms with E-state index in [0.29, 0.717) is 28.3 Å². The lowest BCUT2D eigenvalue weighted by Crippen LogP contribution is -2.45. The number of nitrogens with zero attached hydrogens (tertiary/aromatic N) is 4. The fraction of sp³-hybridized carbons (Fsp3) is 0.250. The summed E-state index contributed by atoms with van der Waals surface area (Å²) in [4.78, 5) is 12.7. The lowest BCUT2D eigenvalue weighted by molar-refractivity contribution is -0.0609. The third kappa shape index (κ3) is 6.42. The normalized spacial score (nSPS) is 13.5. The van der Waals surface area contributed by atoms with E-state index in [-0.39, 0.29) is 48.1 Å². The first-order valence-corrected chi connectivity index (χ1v) is 12.7. The van der Waals surface area contributed by atoms with Crippen molar-refractivity contribution in [2.45, 2.75) is 19.5 Å². The number of anilines is 2. The van der Waals surface area contributed by atoms with Crippen LogP contribution in [0.25, 0.3) is 11.3 Å². The third-order valence-corrected chi connectivity index (χ3v) is 6.48. The zero-order valence-electron chi connectivity index (χ0n) is 17.9. The molecule has 0 unspecified atom stereocenters. The summed E-state index contributed by atoms with van der Waals surface area (Å²) in [5.74, 6) is 4.68. The standard InChI is InChI=1S/C20H22ClF3IN9/c1-2-11-3-4-12(13(21)9-11)16-14(34(28)17(26)20(22,23)24)10-31-19(33-16)30-8-7-29-15-5-6-25-18(27)32-15/h3-6,9-10,26H,2,7-8,28H2,1H3,(H3,27,29,32)(H,30,31,33). The molecule has 0 saturated heterocycles. The number of aryl methyl sites for hydroxylation is 1. The van der Waals surface area contributed by atoms with E-state index in [1.54, 1.807) is 18.2 Å². The van der Waals surface area contributed by atoms with Crippen molar-refractivity contribution >= 4 is 57.7 Å². The van der Waals surface area contributed by atoms with E-state index in [2.05, 4.69) is 25.6 Å². The molecule has 1 aromatic carbocycles. The molecule has 0 atom stereocenters. The molecular weight excluding hydrogens is 586 g/mol. The van der Waals surface area contributed by atoms with Gasteiger partial charge in [-0.25, -0.2) is 20.8 Å². The Bertz CT molecular complexity index is 1160. The predicted molar refractivity (Wildman–Crippen MR) is 139 cm³/mol. The summed E-state index contributed by atoms with van der Waals surface area (Å²) in [7, 11) is 0. The second-order valence-corrected chi connectivity index (χ2v) is 9.74.